The Labute approximate surface area is 189 Å². The van der Waals surface area contributed by atoms with Crippen LogP contribution in [0, 0.1) is 0 Å². The Kier molecular flexibility index (Phi) is 5.51. The van der Waals surface area contributed by atoms with Crippen LogP contribution in [0.3, 0.4) is 0 Å². The molecular weight excluding hydrogens is 406 g/mol. The van der Waals surface area contributed by atoms with Crippen molar-refractivity contribution in [3.8, 4) is 0 Å². The third-order valence-corrected chi connectivity index (χ3v) is 6.77. The van der Waals surface area contributed by atoms with Crippen LogP contribution in [0.25, 0.3) is 11.0 Å². The summed E-state index contributed by atoms with van der Waals surface area (Å²) in [5, 5.41) is 1.21. The molecule has 5 rings (SSSR count). The highest BCUT2D eigenvalue weighted by atomic mass is 16.6. The van der Waals surface area contributed by atoms with Crippen molar-refractivity contribution in [2.24, 2.45) is 0 Å². The van der Waals surface area contributed by atoms with Crippen LogP contribution in [-0.4, -0.2) is 70.0 Å². The van der Waals surface area contributed by atoms with Gasteiger partial charge in [-0.05, 0) is 64.9 Å². The largest absolute Gasteiger partial charge is 0.444 e. The summed E-state index contributed by atoms with van der Waals surface area (Å²) < 4.78 is 13.6. The van der Waals surface area contributed by atoms with Gasteiger partial charge in [0.2, 0.25) is 0 Å². The van der Waals surface area contributed by atoms with Crippen LogP contribution in [0.5, 0.6) is 0 Å². The maximum atomic E-state index is 12.6. The number of nitrogens with zero attached hydrogens (tertiary/aromatic N) is 5. The van der Waals surface area contributed by atoms with E-state index in [4.69, 9.17) is 19.4 Å². The average molecular weight is 442 g/mol. The molecule has 1 unspecified atom stereocenters. The van der Waals surface area contributed by atoms with Crippen molar-refractivity contribution in [2.45, 2.75) is 77.0 Å². The molecule has 0 aromatic carbocycles. The van der Waals surface area contributed by atoms with E-state index in [1.165, 1.54) is 23.8 Å². The number of hydrogen-bond acceptors (Lipinski definition) is 6. The van der Waals surface area contributed by atoms with Crippen LogP contribution in [-0.2, 0) is 9.47 Å². The third kappa shape index (κ3) is 4.17. The molecule has 1 atom stereocenters. The highest BCUT2D eigenvalue weighted by Gasteiger charge is 2.35. The number of aromatic nitrogens is 3. The van der Waals surface area contributed by atoms with E-state index in [9.17, 15) is 4.79 Å². The molecule has 0 radical (unpaired) electrons. The van der Waals surface area contributed by atoms with Crippen LogP contribution < -0.4 is 4.90 Å². The summed E-state index contributed by atoms with van der Waals surface area (Å²) >= 11 is 0. The minimum absolute atomic E-state index is 0.146. The average Bonchev–Trinajstić information content (AvgIpc) is 3.53. The zero-order valence-corrected chi connectivity index (χ0v) is 19.7. The summed E-state index contributed by atoms with van der Waals surface area (Å²) in [5.41, 5.74) is 1.96. The van der Waals surface area contributed by atoms with Gasteiger partial charge in [0.05, 0.1) is 5.39 Å². The van der Waals surface area contributed by atoms with E-state index in [1.807, 2.05) is 25.7 Å². The first-order valence-corrected chi connectivity index (χ1v) is 12.0. The van der Waals surface area contributed by atoms with E-state index < -0.39 is 5.60 Å². The first-order chi connectivity index (χ1) is 15.3. The van der Waals surface area contributed by atoms with Crippen molar-refractivity contribution in [1.29, 1.82) is 0 Å². The number of fused-ring (bicyclic) bond motifs is 1. The number of carbonyl (C=O) groups is 1. The highest BCUT2D eigenvalue weighted by molar-refractivity contribution is 5.92. The SMILES string of the molecule is CC1CN(C(=O)OC(C)(C)C)CCN1c1ncnc2c1c(C1CC1)cn2C1CCOCC1. The van der Waals surface area contributed by atoms with Gasteiger partial charge in [-0.25, -0.2) is 14.8 Å². The number of anilines is 1. The van der Waals surface area contributed by atoms with Crippen molar-refractivity contribution in [2.75, 3.05) is 37.7 Å². The number of carbonyl (C=O) groups excluding carboxylic acids is 1. The molecule has 0 spiro atoms. The van der Waals surface area contributed by atoms with E-state index in [2.05, 4.69) is 22.6 Å². The first kappa shape index (κ1) is 21.5. The Balaban J connectivity index is 1.44. The van der Waals surface area contributed by atoms with Crippen LogP contribution in [0.2, 0.25) is 0 Å². The molecule has 2 aliphatic heterocycles. The second-order valence-corrected chi connectivity index (χ2v) is 10.5. The molecule has 8 heteroatoms. The minimum atomic E-state index is -0.484. The normalized spacial score (nSPS) is 23.1. The van der Waals surface area contributed by atoms with Gasteiger partial charge in [-0.3, -0.25) is 0 Å². The number of amides is 1. The summed E-state index contributed by atoms with van der Waals surface area (Å²) in [6.07, 6.45) is 8.35. The van der Waals surface area contributed by atoms with E-state index in [-0.39, 0.29) is 12.1 Å². The number of piperazine rings is 1. The molecule has 3 fully saturated rings. The van der Waals surface area contributed by atoms with Gasteiger partial charge < -0.3 is 23.8 Å². The molecule has 2 aromatic rings. The third-order valence-electron chi connectivity index (χ3n) is 6.77. The van der Waals surface area contributed by atoms with Crippen molar-refractivity contribution < 1.29 is 14.3 Å². The summed E-state index contributed by atoms with van der Waals surface area (Å²) in [6, 6.07) is 0.579. The Morgan fingerprint density at radius 3 is 2.53 bits per heavy atom. The maximum Gasteiger partial charge on any atom is 0.410 e. The Bertz CT molecular complexity index is 987. The predicted molar refractivity (Wildman–Crippen MR) is 123 cm³/mol. The van der Waals surface area contributed by atoms with Crippen molar-refractivity contribution in [1.82, 2.24) is 19.4 Å². The standard InChI is InChI=1S/C24H35N5O3/c1-16-13-27(23(30)32-24(2,3)4)9-10-28(16)21-20-19(17-5-6-17)14-29(22(20)26-15-25-21)18-7-11-31-12-8-18/h14-18H,5-13H2,1-4H3. The molecular formula is C24H35N5O3. The monoisotopic (exact) mass is 441 g/mol. The summed E-state index contributed by atoms with van der Waals surface area (Å²) in [5.74, 6) is 1.63. The molecule has 1 saturated carbocycles. The molecule has 4 heterocycles. The fraction of sp³-hybridized carbons (Fsp3) is 0.708. The lowest BCUT2D eigenvalue weighted by molar-refractivity contribution is 0.0218. The second-order valence-electron chi connectivity index (χ2n) is 10.5. The first-order valence-electron chi connectivity index (χ1n) is 12.0. The lowest BCUT2D eigenvalue weighted by Crippen LogP contribution is -2.54. The molecule has 1 amide bonds. The lowest BCUT2D eigenvalue weighted by Gasteiger charge is -2.41. The van der Waals surface area contributed by atoms with Gasteiger partial charge in [0.1, 0.15) is 23.4 Å². The van der Waals surface area contributed by atoms with Gasteiger partial charge in [-0.1, -0.05) is 0 Å². The topological polar surface area (TPSA) is 72.7 Å². The van der Waals surface area contributed by atoms with Crippen molar-refractivity contribution in [3.05, 3.63) is 18.1 Å². The molecule has 1 aliphatic carbocycles. The lowest BCUT2D eigenvalue weighted by atomic mass is 10.1. The fourth-order valence-electron chi connectivity index (χ4n) is 5.02. The quantitative estimate of drug-likeness (QED) is 0.714. The van der Waals surface area contributed by atoms with Crippen LogP contribution in [0.4, 0.5) is 10.6 Å². The molecule has 8 nitrogen and oxygen atoms in total. The zero-order chi connectivity index (χ0) is 22.5. The van der Waals surface area contributed by atoms with Crippen LogP contribution in [0.15, 0.2) is 12.5 Å². The highest BCUT2D eigenvalue weighted by Crippen LogP contribution is 2.47. The van der Waals surface area contributed by atoms with E-state index >= 15 is 0 Å². The zero-order valence-electron chi connectivity index (χ0n) is 19.7. The number of hydrogen-bond donors (Lipinski definition) is 0. The summed E-state index contributed by atoms with van der Waals surface area (Å²) in [7, 11) is 0. The van der Waals surface area contributed by atoms with E-state index in [1.54, 1.807) is 6.33 Å². The summed E-state index contributed by atoms with van der Waals surface area (Å²) in [6.45, 7) is 11.5. The van der Waals surface area contributed by atoms with Gasteiger partial charge >= 0.3 is 6.09 Å². The van der Waals surface area contributed by atoms with Gasteiger partial charge in [-0.15, -0.1) is 0 Å². The molecule has 174 valence electrons. The van der Waals surface area contributed by atoms with Crippen molar-refractivity contribution >= 4 is 22.9 Å². The number of ether oxygens (including phenoxy) is 2. The maximum absolute atomic E-state index is 12.6. The Hall–Kier alpha value is -2.35. The molecule has 32 heavy (non-hydrogen) atoms. The van der Waals surface area contributed by atoms with E-state index in [0.29, 0.717) is 25.0 Å². The molecule has 2 saturated heterocycles. The van der Waals surface area contributed by atoms with Gasteiger partial charge in [0, 0.05) is 51.1 Å². The Morgan fingerprint density at radius 1 is 1.12 bits per heavy atom. The molecule has 0 N–H and O–H groups in total. The number of rotatable bonds is 3. The summed E-state index contributed by atoms with van der Waals surface area (Å²) in [4.78, 5) is 26.3. The van der Waals surface area contributed by atoms with Crippen LogP contribution in [0.1, 0.15) is 70.9 Å². The van der Waals surface area contributed by atoms with Crippen LogP contribution >= 0.6 is 0 Å². The smallest absolute Gasteiger partial charge is 0.410 e. The predicted octanol–water partition coefficient (Wildman–Crippen LogP) is 4.11. The fourth-order valence-corrected chi connectivity index (χ4v) is 5.02. The Morgan fingerprint density at radius 2 is 1.88 bits per heavy atom. The molecule has 0 bridgehead atoms. The minimum Gasteiger partial charge on any atom is -0.444 e. The van der Waals surface area contributed by atoms with Gasteiger partial charge in [-0.2, -0.15) is 0 Å². The van der Waals surface area contributed by atoms with Crippen molar-refractivity contribution in [3.63, 3.8) is 0 Å². The molecule has 3 aliphatic rings. The van der Waals surface area contributed by atoms with Gasteiger partial charge in [0.25, 0.3) is 0 Å². The van der Waals surface area contributed by atoms with Gasteiger partial charge in [0.15, 0.2) is 0 Å². The van der Waals surface area contributed by atoms with E-state index in [0.717, 1.165) is 44.1 Å². The second kappa shape index (κ2) is 8.21. The molecule has 2 aromatic heterocycles.